The molecule has 1 aliphatic rings. The molecule has 0 radical (unpaired) electrons. The molecular weight excluding hydrogens is 346 g/mol. The molecule has 0 saturated carbocycles. The SMILES string of the molecule is C[C@@H]1CN(C(=O)COC(=O)c2ccc(-c3ccc(O)cc3)cc2)C[C@H](C)O1. The van der Waals surface area contributed by atoms with E-state index in [9.17, 15) is 14.7 Å². The second-order valence-electron chi connectivity index (χ2n) is 6.76. The number of hydrogen-bond donors (Lipinski definition) is 1. The van der Waals surface area contributed by atoms with Crippen LogP contribution in [0.1, 0.15) is 24.2 Å². The van der Waals surface area contributed by atoms with E-state index < -0.39 is 5.97 Å². The second-order valence-corrected chi connectivity index (χ2v) is 6.76. The summed E-state index contributed by atoms with van der Waals surface area (Å²) < 4.78 is 10.8. The third-order valence-electron chi connectivity index (χ3n) is 4.42. The van der Waals surface area contributed by atoms with Crippen molar-refractivity contribution in [3.05, 3.63) is 54.1 Å². The van der Waals surface area contributed by atoms with Crippen molar-refractivity contribution in [1.29, 1.82) is 0 Å². The molecule has 1 aliphatic heterocycles. The van der Waals surface area contributed by atoms with Crippen LogP contribution in [0.5, 0.6) is 5.75 Å². The molecule has 2 aromatic rings. The molecule has 6 nitrogen and oxygen atoms in total. The predicted molar refractivity (Wildman–Crippen MR) is 100 cm³/mol. The summed E-state index contributed by atoms with van der Waals surface area (Å²) in [5, 5.41) is 9.35. The first kappa shape index (κ1) is 18.9. The van der Waals surface area contributed by atoms with Gasteiger partial charge in [0.15, 0.2) is 6.61 Å². The van der Waals surface area contributed by atoms with Crippen molar-refractivity contribution in [2.75, 3.05) is 19.7 Å². The minimum absolute atomic E-state index is 0.0270. The molecule has 0 aromatic heterocycles. The van der Waals surface area contributed by atoms with E-state index in [2.05, 4.69) is 0 Å². The van der Waals surface area contributed by atoms with Gasteiger partial charge in [-0.1, -0.05) is 24.3 Å². The summed E-state index contributed by atoms with van der Waals surface area (Å²) >= 11 is 0. The van der Waals surface area contributed by atoms with Crippen molar-refractivity contribution in [3.63, 3.8) is 0 Å². The van der Waals surface area contributed by atoms with Crippen molar-refractivity contribution in [3.8, 4) is 16.9 Å². The van der Waals surface area contributed by atoms with Crippen LogP contribution < -0.4 is 0 Å². The molecule has 2 aromatic carbocycles. The first-order chi connectivity index (χ1) is 12.9. The molecule has 6 heteroatoms. The maximum atomic E-state index is 12.3. The van der Waals surface area contributed by atoms with Gasteiger partial charge in [-0.25, -0.2) is 4.79 Å². The van der Waals surface area contributed by atoms with Crippen molar-refractivity contribution in [2.24, 2.45) is 0 Å². The molecular formula is C21H23NO5. The number of morpholine rings is 1. The van der Waals surface area contributed by atoms with Gasteiger partial charge in [-0.15, -0.1) is 0 Å². The predicted octanol–water partition coefficient (Wildman–Crippen LogP) is 2.85. The number of aromatic hydroxyl groups is 1. The van der Waals surface area contributed by atoms with Gasteiger partial charge in [0.25, 0.3) is 5.91 Å². The number of carbonyl (C=O) groups excluding carboxylic acids is 2. The van der Waals surface area contributed by atoms with Gasteiger partial charge < -0.3 is 19.5 Å². The van der Waals surface area contributed by atoms with Crippen molar-refractivity contribution < 1.29 is 24.2 Å². The van der Waals surface area contributed by atoms with Gasteiger partial charge >= 0.3 is 5.97 Å². The van der Waals surface area contributed by atoms with E-state index in [4.69, 9.17) is 9.47 Å². The van der Waals surface area contributed by atoms with Crippen LogP contribution in [-0.4, -0.2) is 53.8 Å². The minimum Gasteiger partial charge on any atom is -0.508 e. The highest BCUT2D eigenvalue weighted by molar-refractivity contribution is 5.91. The summed E-state index contributed by atoms with van der Waals surface area (Å²) in [6.45, 7) is 4.55. The molecule has 1 N–H and O–H groups in total. The Morgan fingerprint density at radius 1 is 1.00 bits per heavy atom. The Morgan fingerprint density at radius 2 is 1.52 bits per heavy atom. The Balaban J connectivity index is 1.56. The van der Waals surface area contributed by atoms with Crippen LogP contribution >= 0.6 is 0 Å². The van der Waals surface area contributed by atoms with Crippen LogP contribution in [0, 0.1) is 0 Å². The van der Waals surface area contributed by atoms with E-state index >= 15 is 0 Å². The number of benzene rings is 2. The molecule has 1 fully saturated rings. The molecule has 1 heterocycles. The molecule has 0 aliphatic carbocycles. The summed E-state index contributed by atoms with van der Waals surface area (Å²) in [4.78, 5) is 26.1. The first-order valence-electron chi connectivity index (χ1n) is 8.92. The lowest BCUT2D eigenvalue weighted by molar-refractivity contribution is -0.146. The smallest absolute Gasteiger partial charge is 0.338 e. The van der Waals surface area contributed by atoms with Crippen molar-refractivity contribution in [1.82, 2.24) is 4.90 Å². The van der Waals surface area contributed by atoms with E-state index in [0.717, 1.165) is 11.1 Å². The molecule has 0 bridgehead atoms. The van der Waals surface area contributed by atoms with Crippen molar-refractivity contribution in [2.45, 2.75) is 26.1 Å². The number of rotatable bonds is 4. The third-order valence-corrected chi connectivity index (χ3v) is 4.42. The van der Waals surface area contributed by atoms with Crippen molar-refractivity contribution >= 4 is 11.9 Å². The molecule has 1 saturated heterocycles. The molecule has 142 valence electrons. The Bertz CT molecular complexity index is 790. The number of nitrogens with zero attached hydrogens (tertiary/aromatic N) is 1. The summed E-state index contributed by atoms with van der Waals surface area (Å²) in [5.74, 6) is -0.548. The highest BCUT2D eigenvalue weighted by Crippen LogP contribution is 2.22. The van der Waals surface area contributed by atoms with Gasteiger partial charge in [0.05, 0.1) is 17.8 Å². The lowest BCUT2D eigenvalue weighted by Crippen LogP contribution is -2.49. The van der Waals surface area contributed by atoms with E-state index in [0.29, 0.717) is 18.7 Å². The van der Waals surface area contributed by atoms with Crippen LogP contribution in [0.15, 0.2) is 48.5 Å². The van der Waals surface area contributed by atoms with Crippen LogP contribution in [-0.2, 0) is 14.3 Å². The largest absolute Gasteiger partial charge is 0.508 e. The highest BCUT2D eigenvalue weighted by Gasteiger charge is 2.26. The fraction of sp³-hybridized carbons (Fsp3) is 0.333. The highest BCUT2D eigenvalue weighted by atomic mass is 16.5. The van der Waals surface area contributed by atoms with E-state index in [1.165, 1.54) is 0 Å². The summed E-state index contributed by atoms with van der Waals surface area (Å²) in [7, 11) is 0. The zero-order valence-electron chi connectivity index (χ0n) is 15.4. The maximum absolute atomic E-state index is 12.3. The number of ether oxygens (including phenoxy) is 2. The normalized spacial score (nSPS) is 19.6. The topological polar surface area (TPSA) is 76.1 Å². The second kappa shape index (κ2) is 8.22. The number of esters is 1. The number of phenols is 1. The van der Waals surface area contributed by atoms with Crippen LogP contribution in [0.25, 0.3) is 11.1 Å². The number of phenolic OH excluding ortho intramolecular Hbond substituents is 1. The van der Waals surface area contributed by atoms with Gasteiger partial charge in [0, 0.05) is 13.1 Å². The molecule has 0 unspecified atom stereocenters. The average molecular weight is 369 g/mol. The molecule has 27 heavy (non-hydrogen) atoms. The fourth-order valence-corrected chi connectivity index (χ4v) is 3.14. The zero-order valence-corrected chi connectivity index (χ0v) is 15.4. The maximum Gasteiger partial charge on any atom is 0.338 e. The van der Waals surface area contributed by atoms with E-state index in [1.54, 1.807) is 53.4 Å². The Kier molecular flexibility index (Phi) is 5.76. The number of amides is 1. The molecule has 2 atom stereocenters. The standard InChI is InChI=1S/C21H23NO5/c1-14-11-22(12-15(2)27-14)20(24)13-26-21(25)18-5-3-16(4-6-18)17-7-9-19(23)10-8-17/h3-10,14-15,23H,11-13H2,1-2H3/t14-,15+. The lowest BCUT2D eigenvalue weighted by atomic mass is 10.0. The molecule has 3 rings (SSSR count). The monoisotopic (exact) mass is 369 g/mol. The third kappa shape index (κ3) is 4.86. The minimum atomic E-state index is -0.532. The molecule has 0 spiro atoms. The number of hydrogen-bond acceptors (Lipinski definition) is 5. The Morgan fingerprint density at radius 3 is 2.07 bits per heavy atom. The Hall–Kier alpha value is -2.86. The van der Waals surface area contributed by atoms with Gasteiger partial charge in [0.1, 0.15) is 5.75 Å². The van der Waals surface area contributed by atoms with Gasteiger partial charge in [0.2, 0.25) is 0 Å². The van der Waals surface area contributed by atoms with Crippen LogP contribution in [0.4, 0.5) is 0 Å². The molecule has 1 amide bonds. The summed E-state index contributed by atoms with van der Waals surface area (Å²) in [6.07, 6.45) is -0.0540. The summed E-state index contributed by atoms with van der Waals surface area (Å²) in [5.41, 5.74) is 2.23. The van der Waals surface area contributed by atoms with E-state index in [-0.39, 0.29) is 30.5 Å². The lowest BCUT2D eigenvalue weighted by Gasteiger charge is -2.35. The first-order valence-corrected chi connectivity index (χ1v) is 8.92. The van der Waals surface area contributed by atoms with Crippen LogP contribution in [0.3, 0.4) is 0 Å². The van der Waals surface area contributed by atoms with E-state index in [1.807, 2.05) is 13.8 Å². The number of carbonyl (C=O) groups is 2. The van der Waals surface area contributed by atoms with Gasteiger partial charge in [-0.05, 0) is 49.2 Å². The van der Waals surface area contributed by atoms with Crippen LogP contribution in [0.2, 0.25) is 0 Å². The quantitative estimate of drug-likeness (QED) is 0.839. The van der Waals surface area contributed by atoms with Gasteiger partial charge in [-0.3, -0.25) is 4.79 Å². The van der Waals surface area contributed by atoms with Gasteiger partial charge in [-0.2, -0.15) is 0 Å². The average Bonchev–Trinajstić information content (AvgIpc) is 2.66. The zero-order chi connectivity index (χ0) is 19.4. The summed E-state index contributed by atoms with van der Waals surface area (Å²) in [6, 6.07) is 13.7. The fourth-order valence-electron chi connectivity index (χ4n) is 3.14. The Labute approximate surface area is 158 Å².